The highest BCUT2D eigenvalue weighted by Crippen LogP contribution is 2.62. The van der Waals surface area contributed by atoms with Crippen LogP contribution in [0.1, 0.15) is 169 Å². The first-order chi connectivity index (χ1) is 23.8. The lowest BCUT2D eigenvalue weighted by Crippen LogP contribution is -2.27. The van der Waals surface area contributed by atoms with Gasteiger partial charge in [-0.3, -0.25) is 10.1 Å². The highest BCUT2D eigenvalue weighted by molar-refractivity contribution is 7.24. The molecule has 5 nitrogen and oxygen atoms in total. The van der Waals surface area contributed by atoms with Gasteiger partial charge in [-0.25, -0.2) is 0 Å². The number of hydrogen-bond donors (Lipinski definition) is 0. The molecule has 1 aromatic carbocycles. The van der Waals surface area contributed by atoms with Crippen LogP contribution in [0.4, 0.5) is 5.69 Å². The predicted octanol–water partition coefficient (Wildman–Crippen LogP) is 14.7. The number of nitro benzene ring substituents is 1. The van der Waals surface area contributed by atoms with Gasteiger partial charge in [0.05, 0.1) is 22.2 Å². The maximum atomic E-state index is 12.6. The molecule has 0 spiro atoms. The van der Waals surface area contributed by atoms with E-state index in [4.69, 9.17) is 4.37 Å². The summed E-state index contributed by atoms with van der Waals surface area (Å²) in [6.07, 6.45) is 12.4. The molecule has 0 radical (unpaired) electrons. The largest absolute Gasteiger partial charge is 0.276 e. The summed E-state index contributed by atoms with van der Waals surface area (Å²) in [6.45, 7) is 27.4. The van der Waals surface area contributed by atoms with Crippen LogP contribution in [0.2, 0.25) is 0 Å². The molecular weight excluding hydrogens is 687 g/mol. The van der Waals surface area contributed by atoms with E-state index in [9.17, 15) is 10.1 Å². The number of benzene rings is 1. The van der Waals surface area contributed by atoms with E-state index in [-0.39, 0.29) is 21.4 Å². The van der Waals surface area contributed by atoms with Crippen LogP contribution in [-0.2, 0) is 16.2 Å². The topological polar surface area (TPSA) is 68.9 Å². The Morgan fingerprint density at radius 2 is 1.24 bits per heavy atom. The minimum atomic E-state index is -0.436. The van der Waals surface area contributed by atoms with Crippen LogP contribution in [0.3, 0.4) is 0 Å². The second kappa shape index (κ2) is 15.7. The summed E-state index contributed by atoms with van der Waals surface area (Å²) in [5.74, 6) is 2.84. The lowest BCUT2D eigenvalue weighted by molar-refractivity contribution is -0.385. The van der Waals surface area contributed by atoms with E-state index in [0.717, 1.165) is 52.4 Å². The highest BCUT2D eigenvalue weighted by atomic mass is 32.1. The molecule has 280 valence electrons. The Kier molecular flexibility index (Phi) is 12.3. The summed E-state index contributed by atoms with van der Waals surface area (Å²) in [7, 11) is 0. The van der Waals surface area contributed by atoms with Gasteiger partial charge in [-0.15, -0.1) is 22.7 Å². The Hall–Kier alpha value is -2.16. The van der Waals surface area contributed by atoms with Crippen LogP contribution in [-0.4, -0.2) is 13.7 Å². The number of nitrogens with zero attached hydrogens (tertiary/aromatic N) is 3. The fourth-order valence-electron chi connectivity index (χ4n) is 8.16. The van der Waals surface area contributed by atoms with Crippen molar-refractivity contribution in [3.8, 4) is 20.2 Å². The third-order valence-electron chi connectivity index (χ3n) is 11.3. The molecule has 1 aliphatic rings. The Morgan fingerprint density at radius 3 is 1.75 bits per heavy atom. The second-order valence-corrected chi connectivity index (χ2v) is 21.4. The molecule has 0 N–H and O–H groups in total. The van der Waals surface area contributed by atoms with Gasteiger partial charge in [0.2, 0.25) is 0 Å². The minimum absolute atomic E-state index is 0.0608. The first kappa shape index (κ1) is 40.0. The van der Waals surface area contributed by atoms with Crippen molar-refractivity contribution >= 4 is 51.1 Å². The van der Waals surface area contributed by atoms with E-state index < -0.39 is 5.41 Å². The molecule has 3 aromatic heterocycles. The Bertz CT molecular complexity index is 1790. The van der Waals surface area contributed by atoms with Crippen molar-refractivity contribution in [3.63, 3.8) is 0 Å². The molecule has 51 heavy (non-hydrogen) atoms. The van der Waals surface area contributed by atoms with Crippen molar-refractivity contribution in [3.05, 3.63) is 49.9 Å². The highest BCUT2D eigenvalue weighted by Gasteiger charge is 2.47. The second-order valence-electron chi connectivity index (χ2n) is 18.8. The molecular formula is C43H63N3O2S3. The van der Waals surface area contributed by atoms with Gasteiger partial charge in [-0.1, -0.05) is 122 Å². The molecule has 8 heteroatoms. The number of thiophene rings is 2. The predicted molar refractivity (Wildman–Crippen MR) is 223 cm³/mol. The van der Waals surface area contributed by atoms with Gasteiger partial charge >= 0.3 is 0 Å². The van der Waals surface area contributed by atoms with Crippen molar-refractivity contribution < 1.29 is 4.92 Å². The van der Waals surface area contributed by atoms with Crippen molar-refractivity contribution in [1.29, 1.82) is 0 Å². The van der Waals surface area contributed by atoms with Gasteiger partial charge in [-0.05, 0) is 83.4 Å². The van der Waals surface area contributed by atoms with E-state index >= 15 is 0 Å². The molecule has 0 saturated carbocycles. The Labute approximate surface area is 320 Å². The normalized spacial score (nSPS) is 17.5. The molecule has 0 amide bonds. The van der Waals surface area contributed by atoms with Crippen LogP contribution < -0.4 is 0 Å². The van der Waals surface area contributed by atoms with Gasteiger partial charge in [0.25, 0.3) is 5.69 Å². The number of nitro groups is 1. The average Bonchev–Trinajstić information content (AvgIpc) is 3.80. The standard InChI is InChI=1S/C43H63N3O2S3/c1-26(2)15-13-17-28(5)19-21-43(22-20-29(6)18-14-16-27(3)4)31-24-34(49-39(31)40-32(43)25-35(50-40)41(7,8)9)30-23-33(46(47)48)36(42(10,11)12)38-37(30)44-51-45-38/h23-29H,13-22H2,1-12H3. The summed E-state index contributed by atoms with van der Waals surface area (Å²) in [5.41, 5.74) is 5.70. The van der Waals surface area contributed by atoms with Crippen LogP contribution in [0.25, 0.3) is 31.2 Å². The van der Waals surface area contributed by atoms with Gasteiger partial charge < -0.3 is 0 Å². The molecule has 0 saturated heterocycles. The number of fused-ring (bicyclic) bond motifs is 4. The van der Waals surface area contributed by atoms with Gasteiger partial charge in [0.15, 0.2) is 0 Å². The van der Waals surface area contributed by atoms with Crippen molar-refractivity contribution in [1.82, 2.24) is 8.75 Å². The number of aromatic nitrogens is 2. The number of hydrogen-bond acceptors (Lipinski definition) is 7. The third kappa shape index (κ3) is 8.64. The Morgan fingerprint density at radius 1 is 0.706 bits per heavy atom. The molecule has 5 rings (SSSR count). The molecule has 1 aliphatic carbocycles. The van der Waals surface area contributed by atoms with Crippen LogP contribution in [0.15, 0.2) is 18.2 Å². The quantitative estimate of drug-likeness (QED) is 0.0845. The monoisotopic (exact) mass is 749 g/mol. The average molecular weight is 750 g/mol. The van der Waals surface area contributed by atoms with Gasteiger partial charge in [0.1, 0.15) is 11.0 Å². The molecule has 2 atom stereocenters. The first-order valence-electron chi connectivity index (χ1n) is 19.6. The first-order valence-corrected chi connectivity index (χ1v) is 21.9. The van der Waals surface area contributed by atoms with Crippen molar-refractivity contribution in [2.24, 2.45) is 23.7 Å². The van der Waals surface area contributed by atoms with Crippen LogP contribution in [0.5, 0.6) is 0 Å². The summed E-state index contributed by atoms with van der Waals surface area (Å²) >= 11 is 4.96. The van der Waals surface area contributed by atoms with E-state index in [1.807, 2.05) is 43.4 Å². The van der Waals surface area contributed by atoms with Gasteiger partial charge in [-0.2, -0.15) is 8.75 Å². The zero-order chi connectivity index (χ0) is 37.5. The van der Waals surface area contributed by atoms with E-state index in [1.54, 1.807) is 11.6 Å². The maximum absolute atomic E-state index is 12.6. The van der Waals surface area contributed by atoms with Crippen molar-refractivity contribution in [2.45, 2.75) is 164 Å². The molecule has 0 aliphatic heterocycles. The maximum Gasteiger partial charge on any atom is 0.276 e. The summed E-state index contributed by atoms with van der Waals surface area (Å²) in [6, 6.07) is 6.80. The van der Waals surface area contributed by atoms with Gasteiger partial charge in [0, 0.05) is 36.6 Å². The summed E-state index contributed by atoms with van der Waals surface area (Å²) < 4.78 is 9.46. The molecule has 0 bridgehead atoms. The third-order valence-corrected chi connectivity index (χ3v) is 14.7. The number of rotatable bonds is 16. The van der Waals surface area contributed by atoms with E-state index in [1.165, 1.54) is 71.6 Å². The van der Waals surface area contributed by atoms with E-state index in [0.29, 0.717) is 22.9 Å². The summed E-state index contributed by atoms with van der Waals surface area (Å²) in [4.78, 5) is 17.7. The molecule has 3 heterocycles. The summed E-state index contributed by atoms with van der Waals surface area (Å²) in [5, 5.41) is 12.6. The van der Waals surface area contributed by atoms with Crippen molar-refractivity contribution in [2.75, 3.05) is 0 Å². The fraction of sp³-hybridized carbons (Fsp3) is 0.674. The lowest BCUT2D eigenvalue weighted by Gasteiger charge is -2.34. The smallest absolute Gasteiger partial charge is 0.258 e. The minimum Gasteiger partial charge on any atom is -0.258 e. The molecule has 2 unspecified atom stereocenters. The molecule has 4 aromatic rings. The zero-order valence-corrected chi connectivity index (χ0v) is 35.9. The SMILES string of the molecule is CC(C)CCCC(C)CCC1(CCC(C)CCCC(C)C)c2cc(-c3cc([N+](=O)[O-])c(C(C)(C)C)c4nsnc34)sc2-c2sc(C(C)(C)C)cc21. The van der Waals surface area contributed by atoms with Crippen LogP contribution >= 0.6 is 34.4 Å². The Balaban J connectivity index is 1.65. The fourth-order valence-corrected chi connectivity index (χ4v) is 11.5. The zero-order valence-electron chi connectivity index (χ0n) is 33.5. The lowest BCUT2D eigenvalue weighted by atomic mass is 9.69. The molecule has 0 fully saturated rings. The van der Waals surface area contributed by atoms with E-state index in [2.05, 4.69) is 78.8 Å². The van der Waals surface area contributed by atoms with Crippen LogP contribution in [0, 0.1) is 33.8 Å².